The van der Waals surface area contributed by atoms with E-state index in [0.717, 1.165) is 12.8 Å². The smallest absolute Gasteiger partial charge is 0.248 e. The molecule has 1 saturated heterocycles. The van der Waals surface area contributed by atoms with Crippen LogP contribution in [0, 0.1) is 5.92 Å². The maximum absolute atomic E-state index is 12.0. The number of ether oxygens (including phenoxy) is 1. The van der Waals surface area contributed by atoms with Crippen LogP contribution in [0.25, 0.3) is 0 Å². The second kappa shape index (κ2) is 6.86. The highest BCUT2D eigenvalue weighted by atomic mass is 16.5. The molecule has 2 rings (SSSR count). The molecule has 6 nitrogen and oxygen atoms in total. The molecule has 1 aliphatic heterocycles. The van der Waals surface area contributed by atoms with Gasteiger partial charge in [-0.25, -0.2) is 5.84 Å². The summed E-state index contributed by atoms with van der Waals surface area (Å²) >= 11 is 0. The van der Waals surface area contributed by atoms with Crippen molar-refractivity contribution in [2.45, 2.75) is 44.6 Å². The topological polar surface area (TPSA) is 84.7 Å². The summed E-state index contributed by atoms with van der Waals surface area (Å²) in [5.41, 5.74) is 2.17. The Hall–Kier alpha value is -1.14. The number of hydrogen-bond donors (Lipinski definition) is 2. The molecule has 0 radical (unpaired) electrons. The first-order valence-electron chi connectivity index (χ1n) is 7.10. The van der Waals surface area contributed by atoms with E-state index in [1.54, 1.807) is 4.90 Å². The van der Waals surface area contributed by atoms with E-state index in [9.17, 15) is 9.59 Å². The van der Waals surface area contributed by atoms with Crippen LogP contribution in [-0.4, -0.2) is 42.5 Å². The Morgan fingerprint density at radius 3 is 2.37 bits per heavy atom. The number of hydrogen-bond acceptors (Lipinski definition) is 4. The van der Waals surface area contributed by atoms with Crippen molar-refractivity contribution in [2.75, 3.05) is 19.7 Å². The van der Waals surface area contributed by atoms with Crippen LogP contribution in [0.3, 0.4) is 0 Å². The Morgan fingerprint density at radius 1 is 1.16 bits per heavy atom. The molecular formula is C13H23N3O3. The third-order valence-electron chi connectivity index (χ3n) is 4.11. The summed E-state index contributed by atoms with van der Waals surface area (Å²) in [4.78, 5) is 25.1. The van der Waals surface area contributed by atoms with Gasteiger partial charge in [0.2, 0.25) is 11.8 Å². The lowest BCUT2D eigenvalue weighted by Crippen LogP contribution is -2.45. The number of likely N-dealkylation sites (tertiary alicyclic amines) is 1. The van der Waals surface area contributed by atoms with Gasteiger partial charge in [0.25, 0.3) is 0 Å². The van der Waals surface area contributed by atoms with Crippen molar-refractivity contribution >= 4 is 11.8 Å². The largest absolute Gasteiger partial charge is 0.368 e. The van der Waals surface area contributed by atoms with E-state index in [2.05, 4.69) is 5.43 Å². The minimum atomic E-state index is -0.130. The normalized spacial score (nSPS) is 21.6. The van der Waals surface area contributed by atoms with Crippen LogP contribution < -0.4 is 11.3 Å². The molecule has 1 aliphatic carbocycles. The van der Waals surface area contributed by atoms with Crippen LogP contribution in [0.5, 0.6) is 0 Å². The maximum atomic E-state index is 12.0. The number of rotatable bonds is 4. The van der Waals surface area contributed by atoms with Crippen LogP contribution >= 0.6 is 0 Å². The first-order chi connectivity index (χ1) is 9.20. The summed E-state index contributed by atoms with van der Waals surface area (Å²) in [5, 5.41) is 0. The molecule has 0 bridgehead atoms. The van der Waals surface area contributed by atoms with Crippen LogP contribution in [0.4, 0.5) is 0 Å². The van der Waals surface area contributed by atoms with Crippen LogP contribution in [0.2, 0.25) is 0 Å². The summed E-state index contributed by atoms with van der Waals surface area (Å²) in [6.07, 6.45) is 6.19. The lowest BCUT2D eigenvalue weighted by molar-refractivity contribution is -0.141. The summed E-state index contributed by atoms with van der Waals surface area (Å²) in [5.74, 6) is 4.96. The molecule has 1 saturated carbocycles. The van der Waals surface area contributed by atoms with Gasteiger partial charge in [0.15, 0.2) is 0 Å². The van der Waals surface area contributed by atoms with Crippen molar-refractivity contribution in [1.82, 2.24) is 10.3 Å². The standard InChI is InChI=1S/C13H23N3O3/c14-15-13(18)10-5-7-16(8-6-10)12(17)9-19-11-3-1-2-4-11/h10-11H,1-9,14H2,(H,15,18). The Kier molecular flexibility index (Phi) is 5.15. The molecule has 2 amide bonds. The molecule has 0 spiro atoms. The van der Waals surface area contributed by atoms with Gasteiger partial charge in [0.05, 0.1) is 6.10 Å². The Labute approximate surface area is 113 Å². The zero-order chi connectivity index (χ0) is 13.7. The Balaban J connectivity index is 1.68. The number of amides is 2. The zero-order valence-corrected chi connectivity index (χ0v) is 11.3. The molecule has 0 aromatic carbocycles. The summed E-state index contributed by atoms with van der Waals surface area (Å²) in [7, 11) is 0. The van der Waals surface area contributed by atoms with Gasteiger partial charge in [-0.1, -0.05) is 12.8 Å². The monoisotopic (exact) mass is 269 g/mol. The van der Waals surface area contributed by atoms with Crippen LogP contribution in [0.1, 0.15) is 38.5 Å². The minimum Gasteiger partial charge on any atom is -0.368 e. The molecule has 108 valence electrons. The average Bonchev–Trinajstić information content (AvgIpc) is 2.97. The Morgan fingerprint density at radius 2 is 1.79 bits per heavy atom. The molecule has 6 heteroatoms. The number of nitrogens with zero attached hydrogens (tertiary/aromatic N) is 1. The molecule has 3 N–H and O–H groups in total. The number of piperidine rings is 1. The predicted octanol–water partition coefficient (Wildman–Crippen LogP) is 0.174. The molecule has 1 heterocycles. The van der Waals surface area contributed by atoms with Gasteiger partial charge >= 0.3 is 0 Å². The van der Waals surface area contributed by atoms with Crippen molar-refractivity contribution in [3.05, 3.63) is 0 Å². The molecule has 2 aliphatic rings. The van der Waals surface area contributed by atoms with Crippen LogP contribution in [-0.2, 0) is 14.3 Å². The minimum absolute atomic E-state index is 0.0403. The van der Waals surface area contributed by atoms with Gasteiger partial charge in [-0.2, -0.15) is 0 Å². The fraction of sp³-hybridized carbons (Fsp3) is 0.846. The second-order valence-electron chi connectivity index (χ2n) is 5.38. The fourth-order valence-corrected chi connectivity index (χ4v) is 2.84. The van der Waals surface area contributed by atoms with Gasteiger partial charge in [0, 0.05) is 19.0 Å². The van der Waals surface area contributed by atoms with Crippen molar-refractivity contribution in [3.63, 3.8) is 0 Å². The third-order valence-corrected chi connectivity index (χ3v) is 4.11. The number of nitrogens with one attached hydrogen (secondary N) is 1. The van der Waals surface area contributed by atoms with Gasteiger partial charge in [-0.05, 0) is 25.7 Å². The van der Waals surface area contributed by atoms with E-state index in [1.807, 2.05) is 0 Å². The predicted molar refractivity (Wildman–Crippen MR) is 69.8 cm³/mol. The van der Waals surface area contributed by atoms with Gasteiger partial charge < -0.3 is 9.64 Å². The number of carbonyl (C=O) groups excluding carboxylic acids is 2. The fourth-order valence-electron chi connectivity index (χ4n) is 2.84. The summed E-state index contributed by atoms with van der Waals surface area (Å²) in [6, 6.07) is 0. The zero-order valence-electron chi connectivity index (χ0n) is 11.3. The molecule has 19 heavy (non-hydrogen) atoms. The van der Waals surface area contributed by atoms with Crippen molar-refractivity contribution in [2.24, 2.45) is 11.8 Å². The highest BCUT2D eigenvalue weighted by molar-refractivity contribution is 5.80. The van der Waals surface area contributed by atoms with Crippen molar-refractivity contribution in [3.8, 4) is 0 Å². The van der Waals surface area contributed by atoms with E-state index in [-0.39, 0.29) is 30.4 Å². The van der Waals surface area contributed by atoms with Crippen LogP contribution in [0.15, 0.2) is 0 Å². The average molecular weight is 269 g/mol. The van der Waals surface area contributed by atoms with Gasteiger partial charge in [-0.15, -0.1) is 0 Å². The highest BCUT2D eigenvalue weighted by Gasteiger charge is 2.27. The van der Waals surface area contributed by atoms with Gasteiger partial charge in [-0.3, -0.25) is 15.0 Å². The van der Waals surface area contributed by atoms with E-state index in [0.29, 0.717) is 25.9 Å². The second-order valence-corrected chi connectivity index (χ2v) is 5.38. The summed E-state index contributed by atoms with van der Waals surface area (Å²) < 4.78 is 5.62. The highest BCUT2D eigenvalue weighted by Crippen LogP contribution is 2.21. The van der Waals surface area contributed by atoms with Crippen molar-refractivity contribution < 1.29 is 14.3 Å². The molecule has 2 fully saturated rings. The first kappa shape index (κ1) is 14.3. The van der Waals surface area contributed by atoms with E-state index in [1.165, 1.54) is 12.8 Å². The van der Waals surface area contributed by atoms with Crippen molar-refractivity contribution in [1.29, 1.82) is 0 Å². The summed E-state index contributed by atoms with van der Waals surface area (Å²) in [6.45, 7) is 1.41. The number of hydrazine groups is 1. The molecule has 0 unspecified atom stereocenters. The molecule has 0 atom stereocenters. The lowest BCUT2D eigenvalue weighted by Gasteiger charge is -2.31. The van der Waals surface area contributed by atoms with E-state index < -0.39 is 0 Å². The number of nitrogens with two attached hydrogens (primary N) is 1. The molecule has 0 aromatic heterocycles. The number of carbonyl (C=O) groups is 2. The first-order valence-corrected chi connectivity index (χ1v) is 7.10. The molecule has 0 aromatic rings. The van der Waals surface area contributed by atoms with E-state index >= 15 is 0 Å². The Bertz CT molecular complexity index is 321. The third kappa shape index (κ3) is 3.91. The molecular weight excluding hydrogens is 246 g/mol. The SMILES string of the molecule is NNC(=O)C1CCN(C(=O)COC2CCCC2)CC1. The maximum Gasteiger partial charge on any atom is 0.248 e. The lowest BCUT2D eigenvalue weighted by atomic mass is 9.96. The van der Waals surface area contributed by atoms with E-state index in [4.69, 9.17) is 10.6 Å². The quantitative estimate of drug-likeness (QED) is 0.433. The van der Waals surface area contributed by atoms with Gasteiger partial charge in [0.1, 0.15) is 6.61 Å².